The van der Waals surface area contributed by atoms with Gasteiger partial charge in [-0.15, -0.1) is 0 Å². The first-order valence-corrected chi connectivity index (χ1v) is 16.4. The van der Waals surface area contributed by atoms with Crippen LogP contribution in [-0.2, 0) is 35.1 Å². The number of nitrogens with one attached hydrogen (secondary N) is 4. The fourth-order valence-electron chi connectivity index (χ4n) is 4.75. The van der Waals surface area contributed by atoms with E-state index in [1.54, 1.807) is 19.9 Å². The summed E-state index contributed by atoms with van der Waals surface area (Å²) in [5.41, 5.74) is 0.842. The van der Waals surface area contributed by atoms with Gasteiger partial charge in [-0.3, -0.25) is 24.0 Å². The molecule has 4 rings (SSSR count). The standard InChI is InChI=1S/C30H36N4O6S2/c1-18(2)27-30(39)33-24-17-42-41-13-6-5-11-21(15-25(35)34-27)40-26(36)16-31-28(37)23(32-29(24)38)14-20-10-7-9-19-8-3-4-12-22(19)20/h3-5,7-12,18,21,23-24,27H,6,13-17H2,1-2H3,(H,31,37)(H,32,38)(H,33,39)(H,34,35)/b11-5+/t21-,23-,24-,27-/m1/s1. The molecule has 0 radical (unpaired) electrons. The third-order valence-corrected chi connectivity index (χ3v) is 9.40. The molecule has 10 nitrogen and oxygen atoms in total. The van der Waals surface area contributed by atoms with Crippen molar-refractivity contribution in [1.29, 1.82) is 0 Å². The van der Waals surface area contributed by atoms with Crippen LogP contribution in [0.5, 0.6) is 0 Å². The van der Waals surface area contributed by atoms with Crippen molar-refractivity contribution >= 4 is 62.0 Å². The number of ether oxygens (including phenoxy) is 1. The lowest BCUT2D eigenvalue weighted by atomic mass is 9.98. The Bertz CT molecular complexity index is 1340. The van der Waals surface area contributed by atoms with E-state index in [2.05, 4.69) is 21.3 Å². The van der Waals surface area contributed by atoms with Crippen LogP contribution in [0.25, 0.3) is 10.8 Å². The van der Waals surface area contributed by atoms with Crippen LogP contribution in [-0.4, -0.2) is 71.9 Å². The van der Waals surface area contributed by atoms with Gasteiger partial charge in [-0.05, 0) is 34.8 Å². The SMILES string of the molecule is CC(C)[C@H]1NC(=O)C[C@H]2/C=C/CCSSC[C@@H](NC1=O)C(=O)N[C@H](Cc1cccc3ccccc13)C(=O)NCC(=O)O2. The normalized spacial score (nSPS) is 25.9. The molecule has 1 fully saturated rings. The molecule has 0 saturated carbocycles. The zero-order valence-corrected chi connectivity index (χ0v) is 25.2. The molecule has 2 aromatic rings. The van der Waals surface area contributed by atoms with Crippen LogP contribution in [0.3, 0.4) is 0 Å². The molecule has 2 aliphatic heterocycles. The summed E-state index contributed by atoms with van der Waals surface area (Å²) < 4.78 is 5.54. The molecule has 42 heavy (non-hydrogen) atoms. The Morgan fingerprint density at radius 1 is 0.905 bits per heavy atom. The number of fused-ring (bicyclic) bond motifs is 8. The van der Waals surface area contributed by atoms with Gasteiger partial charge in [0.15, 0.2) is 0 Å². The number of hydrogen-bond acceptors (Lipinski definition) is 8. The van der Waals surface area contributed by atoms with Crippen molar-refractivity contribution < 1.29 is 28.7 Å². The molecule has 2 heterocycles. The Morgan fingerprint density at radius 2 is 1.69 bits per heavy atom. The van der Waals surface area contributed by atoms with Crippen LogP contribution >= 0.6 is 21.6 Å². The highest BCUT2D eigenvalue weighted by Gasteiger charge is 2.32. The maximum atomic E-state index is 13.7. The topological polar surface area (TPSA) is 143 Å². The van der Waals surface area contributed by atoms with E-state index in [0.29, 0.717) is 12.2 Å². The molecule has 2 aliphatic rings. The lowest BCUT2D eigenvalue weighted by molar-refractivity contribution is -0.148. The number of hydrogen-bond donors (Lipinski definition) is 4. The van der Waals surface area contributed by atoms with E-state index >= 15 is 0 Å². The minimum Gasteiger partial charge on any atom is -0.456 e. The van der Waals surface area contributed by atoms with Gasteiger partial charge >= 0.3 is 5.97 Å². The smallest absolute Gasteiger partial charge is 0.326 e. The molecule has 0 unspecified atom stereocenters. The van der Waals surface area contributed by atoms with Crippen molar-refractivity contribution in [2.24, 2.45) is 5.92 Å². The number of esters is 1. The number of allylic oxidation sites excluding steroid dienone is 1. The van der Waals surface area contributed by atoms with E-state index in [9.17, 15) is 24.0 Å². The monoisotopic (exact) mass is 612 g/mol. The Hall–Kier alpha value is -3.51. The Morgan fingerprint density at radius 3 is 2.50 bits per heavy atom. The molecule has 4 amide bonds. The predicted molar refractivity (Wildman–Crippen MR) is 164 cm³/mol. The number of benzene rings is 2. The van der Waals surface area contributed by atoms with E-state index in [-0.39, 0.29) is 24.5 Å². The van der Waals surface area contributed by atoms with Gasteiger partial charge in [-0.25, -0.2) is 0 Å². The Labute approximate surface area is 252 Å². The van der Waals surface area contributed by atoms with Crippen LogP contribution in [0.15, 0.2) is 54.6 Å². The van der Waals surface area contributed by atoms with Gasteiger partial charge in [0.1, 0.15) is 30.8 Å². The summed E-state index contributed by atoms with van der Waals surface area (Å²) >= 11 is 0. The molecule has 4 atom stereocenters. The van der Waals surface area contributed by atoms with E-state index in [4.69, 9.17) is 4.74 Å². The second-order valence-corrected chi connectivity index (χ2v) is 13.2. The highest BCUT2D eigenvalue weighted by atomic mass is 33.1. The molecule has 0 aromatic heterocycles. The van der Waals surface area contributed by atoms with Crippen LogP contribution < -0.4 is 21.3 Å². The molecular formula is C30H36N4O6S2. The average Bonchev–Trinajstić information content (AvgIpc) is 2.96. The molecular weight excluding hydrogens is 576 g/mol. The van der Waals surface area contributed by atoms with Gasteiger partial charge in [-0.2, -0.15) is 0 Å². The minimum atomic E-state index is -1.03. The average molecular weight is 613 g/mol. The van der Waals surface area contributed by atoms with Crippen molar-refractivity contribution in [2.45, 2.75) is 57.3 Å². The third-order valence-electron chi connectivity index (χ3n) is 6.95. The van der Waals surface area contributed by atoms with Gasteiger partial charge in [0.05, 0.1) is 6.42 Å². The van der Waals surface area contributed by atoms with Crippen molar-refractivity contribution in [2.75, 3.05) is 18.1 Å². The maximum absolute atomic E-state index is 13.7. The number of carbonyl (C=O) groups is 5. The molecule has 1 saturated heterocycles. The largest absolute Gasteiger partial charge is 0.456 e. The molecule has 4 N–H and O–H groups in total. The fraction of sp³-hybridized carbons (Fsp3) is 0.433. The number of rotatable bonds is 3. The summed E-state index contributed by atoms with van der Waals surface area (Å²) in [5.74, 6) is -2.14. The minimum absolute atomic E-state index is 0.159. The first-order valence-electron chi connectivity index (χ1n) is 14.0. The van der Waals surface area contributed by atoms with E-state index < -0.39 is 60.4 Å². The van der Waals surface area contributed by atoms with Crippen LogP contribution in [0, 0.1) is 5.92 Å². The Balaban J connectivity index is 1.70. The molecule has 2 bridgehead atoms. The van der Waals surface area contributed by atoms with Crippen LogP contribution in [0.2, 0.25) is 0 Å². The molecule has 2 aromatic carbocycles. The second-order valence-electron chi connectivity index (χ2n) is 10.5. The summed E-state index contributed by atoms with van der Waals surface area (Å²) in [6.45, 7) is 3.14. The van der Waals surface area contributed by atoms with Crippen LogP contribution in [0.4, 0.5) is 0 Å². The lowest BCUT2D eigenvalue weighted by Crippen LogP contribution is -2.59. The molecule has 224 valence electrons. The highest BCUT2D eigenvalue weighted by molar-refractivity contribution is 8.76. The fourth-order valence-corrected chi connectivity index (χ4v) is 6.90. The van der Waals surface area contributed by atoms with Crippen molar-refractivity contribution in [3.8, 4) is 0 Å². The number of carbonyl (C=O) groups excluding carboxylic acids is 5. The van der Waals surface area contributed by atoms with Gasteiger partial charge < -0.3 is 26.0 Å². The van der Waals surface area contributed by atoms with Gasteiger partial charge in [0.25, 0.3) is 0 Å². The maximum Gasteiger partial charge on any atom is 0.326 e. The summed E-state index contributed by atoms with van der Waals surface area (Å²) in [5, 5.41) is 12.9. The summed E-state index contributed by atoms with van der Waals surface area (Å²) in [7, 11) is 2.97. The van der Waals surface area contributed by atoms with Gasteiger partial charge in [0.2, 0.25) is 23.6 Å². The molecule has 0 spiro atoms. The van der Waals surface area contributed by atoms with E-state index in [1.165, 1.54) is 21.6 Å². The summed E-state index contributed by atoms with van der Waals surface area (Å²) in [4.78, 5) is 66.1. The highest BCUT2D eigenvalue weighted by Crippen LogP contribution is 2.24. The van der Waals surface area contributed by atoms with Gasteiger partial charge in [0, 0.05) is 17.9 Å². The zero-order chi connectivity index (χ0) is 30.1. The van der Waals surface area contributed by atoms with E-state index in [0.717, 1.165) is 16.3 Å². The first-order chi connectivity index (χ1) is 20.2. The van der Waals surface area contributed by atoms with Crippen molar-refractivity contribution in [1.82, 2.24) is 21.3 Å². The van der Waals surface area contributed by atoms with Crippen molar-refractivity contribution in [3.63, 3.8) is 0 Å². The third kappa shape index (κ3) is 8.75. The predicted octanol–water partition coefficient (Wildman–Crippen LogP) is 2.27. The second kappa shape index (κ2) is 15.1. The molecule has 0 aliphatic carbocycles. The number of amides is 4. The molecule has 12 heteroatoms. The zero-order valence-electron chi connectivity index (χ0n) is 23.6. The Kier molecular flexibility index (Phi) is 11.3. The quantitative estimate of drug-likeness (QED) is 0.235. The lowest BCUT2D eigenvalue weighted by Gasteiger charge is -2.27. The van der Waals surface area contributed by atoms with E-state index in [1.807, 2.05) is 48.5 Å². The summed E-state index contributed by atoms with van der Waals surface area (Å²) in [6.07, 6.45) is 3.23. The van der Waals surface area contributed by atoms with Crippen molar-refractivity contribution in [3.05, 3.63) is 60.2 Å². The first kappa shape index (κ1) is 31.4. The summed E-state index contributed by atoms with van der Waals surface area (Å²) in [6, 6.07) is 10.6. The van der Waals surface area contributed by atoms with Gasteiger partial charge in [-0.1, -0.05) is 84.0 Å². The van der Waals surface area contributed by atoms with Crippen LogP contribution in [0.1, 0.15) is 32.3 Å².